The third-order valence-electron chi connectivity index (χ3n) is 7.47. The molecule has 0 saturated carbocycles. The molecule has 0 spiro atoms. The van der Waals surface area contributed by atoms with Gasteiger partial charge in [-0.1, -0.05) is 0 Å². The van der Waals surface area contributed by atoms with Gasteiger partial charge in [-0.3, -0.25) is 9.69 Å². The molecule has 202 valence electrons. The van der Waals surface area contributed by atoms with E-state index in [4.69, 9.17) is 4.42 Å². The fourth-order valence-electron chi connectivity index (χ4n) is 5.54. The van der Waals surface area contributed by atoms with E-state index in [0.717, 1.165) is 20.9 Å². The van der Waals surface area contributed by atoms with Crippen LogP contribution >= 0.6 is 22.7 Å². The topological polar surface area (TPSA) is 99.9 Å². The van der Waals surface area contributed by atoms with Crippen molar-refractivity contribution in [3.8, 4) is 0 Å². The molecule has 39 heavy (non-hydrogen) atoms. The van der Waals surface area contributed by atoms with E-state index in [0.29, 0.717) is 11.4 Å². The van der Waals surface area contributed by atoms with Crippen LogP contribution in [0.5, 0.6) is 0 Å². The van der Waals surface area contributed by atoms with Crippen molar-refractivity contribution >= 4 is 46.1 Å². The number of aryl methyl sites for hydroxylation is 3. The van der Waals surface area contributed by atoms with Crippen molar-refractivity contribution in [1.29, 1.82) is 0 Å². The number of thiophene rings is 2. The van der Waals surface area contributed by atoms with Crippen molar-refractivity contribution in [2.24, 2.45) is 5.92 Å². The number of Topliss-reactive ketones (excluding diaryl/α,β-unsaturated/α-hetero) is 1. The van der Waals surface area contributed by atoms with Gasteiger partial charge in [0.2, 0.25) is 5.78 Å². The maximum atomic E-state index is 14.3. The van der Waals surface area contributed by atoms with E-state index in [1.54, 1.807) is 19.1 Å². The molecule has 0 bridgehead atoms. The van der Waals surface area contributed by atoms with Crippen LogP contribution < -0.4 is 5.32 Å². The molecule has 7 nitrogen and oxygen atoms in total. The van der Waals surface area contributed by atoms with Crippen LogP contribution in [0.4, 0.5) is 14.9 Å². The number of ketones is 1. The zero-order valence-electron chi connectivity index (χ0n) is 21.7. The van der Waals surface area contributed by atoms with Gasteiger partial charge in [-0.15, -0.1) is 22.7 Å². The number of nitrogens with zero attached hydrogens (tertiary/aromatic N) is 1. The fourth-order valence-corrected chi connectivity index (χ4v) is 7.80. The lowest BCUT2D eigenvalue weighted by Gasteiger charge is -2.37. The van der Waals surface area contributed by atoms with E-state index in [9.17, 15) is 23.9 Å². The van der Waals surface area contributed by atoms with Gasteiger partial charge < -0.3 is 14.8 Å². The summed E-state index contributed by atoms with van der Waals surface area (Å²) < 4.78 is 19.3. The smallest absolute Gasteiger partial charge is 0.330 e. The number of anilines is 1. The van der Waals surface area contributed by atoms with Crippen molar-refractivity contribution in [2.45, 2.75) is 45.2 Å². The van der Waals surface area contributed by atoms with Gasteiger partial charge >= 0.3 is 12.0 Å². The molecule has 4 heterocycles. The minimum Gasteiger partial charge on any atom is -0.479 e. The van der Waals surface area contributed by atoms with E-state index < -0.39 is 41.2 Å². The Bertz CT molecular complexity index is 1560. The highest BCUT2D eigenvalue weighted by Crippen LogP contribution is 2.59. The first kappa shape index (κ1) is 26.8. The number of aliphatic carboxylic acids is 1. The lowest BCUT2D eigenvalue weighted by atomic mass is 9.75. The Morgan fingerprint density at radius 1 is 0.949 bits per heavy atom. The normalized spacial score (nSPS) is 22.7. The van der Waals surface area contributed by atoms with Gasteiger partial charge in [-0.05, 0) is 98.1 Å². The number of benzene rings is 1. The number of carbonyl (C=O) groups is 3. The zero-order chi connectivity index (χ0) is 28.1. The Morgan fingerprint density at radius 2 is 1.56 bits per heavy atom. The second-order valence-electron chi connectivity index (χ2n) is 9.92. The van der Waals surface area contributed by atoms with E-state index in [-0.39, 0.29) is 11.5 Å². The second kappa shape index (κ2) is 10.1. The number of hydrogen-bond donors (Lipinski definition) is 2. The molecule has 1 aliphatic heterocycles. The van der Waals surface area contributed by atoms with Crippen LogP contribution in [0.3, 0.4) is 0 Å². The van der Waals surface area contributed by atoms with Crippen LogP contribution in [-0.4, -0.2) is 33.3 Å². The van der Waals surface area contributed by atoms with Crippen LogP contribution in [0.2, 0.25) is 0 Å². The molecule has 1 saturated heterocycles. The van der Waals surface area contributed by atoms with Gasteiger partial charge in [0.15, 0.2) is 5.76 Å². The Kier molecular flexibility index (Phi) is 6.94. The average molecular weight is 567 g/mol. The number of halogens is 1. The van der Waals surface area contributed by atoms with Crippen LogP contribution in [-0.2, 0) is 4.79 Å². The lowest BCUT2D eigenvalue weighted by Crippen LogP contribution is -2.55. The summed E-state index contributed by atoms with van der Waals surface area (Å²) in [6.07, 6.45) is 0. The molecular formula is C29H27FN2O5S2. The highest BCUT2D eigenvalue weighted by atomic mass is 32.1. The lowest BCUT2D eigenvalue weighted by molar-refractivity contribution is -0.148. The average Bonchev–Trinajstić information content (AvgIpc) is 3.66. The Balaban J connectivity index is 1.75. The van der Waals surface area contributed by atoms with Crippen LogP contribution in [0.25, 0.3) is 0 Å². The van der Waals surface area contributed by atoms with Crippen molar-refractivity contribution in [3.05, 3.63) is 97.5 Å². The summed E-state index contributed by atoms with van der Waals surface area (Å²) in [4.78, 5) is 44.4. The van der Waals surface area contributed by atoms with Crippen molar-refractivity contribution in [2.75, 3.05) is 5.32 Å². The number of hydrogen-bond acceptors (Lipinski definition) is 6. The summed E-state index contributed by atoms with van der Waals surface area (Å²) in [5.41, 5.74) is 0.168. The molecule has 4 aromatic rings. The van der Waals surface area contributed by atoms with Crippen LogP contribution in [0.15, 0.2) is 63.7 Å². The number of likely N-dealkylation sites (tertiary alicyclic amines) is 1. The first-order valence-electron chi connectivity index (χ1n) is 12.3. The maximum Gasteiger partial charge on any atom is 0.330 e. The fraction of sp³-hybridized carbons (Fsp3) is 0.276. The molecule has 10 heteroatoms. The number of carbonyl (C=O) groups excluding carboxylic acids is 2. The van der Waals surface area contributed by atoms with Crippen LogP contribution in [0, 0.1) is 32.5 Å². The van der Waals surface area contributed by atoms with Crippen LogP contribution in [0.1, 0.15) is 56.1 Å². The molecule has 1 aliphatic rings. The predicted octanol–water partition coefficient (Wildman–Crippen LogP) is 7.18. The van der Waals surface area contributed by atoms with Crippen molar-refractivity contribution in [1.82, 2.24) is 4.90 Å². The van der Waals surface area contributed by atoms with Gasteiger partial charge in [-0.25, -0.2) is 14.0 Å². The predicted molar refractivity (Wildman–Crippen MR) is 148 cm³/mol. The minimum absolute atomic E-state index is 0.115. The summed E-state index contributed by atoms with van der Waals surface area (Å²) >= 11 is 2.74. The molecule has 0 aliphatic carbocycles. The summed E-state index contributed by atoms with van der Waals surface area (Å²) in [5.74, 6) is -3.24. The van der Waals surface area contributed by atoms with Gasteiger partial charge in [-0.2, -0.15) is 0 Å². The molecule has 3 aromatic heterocycles. The quantitative estimate of drug-likeness (QED) is 0.241. The van der Waals surface area contributed by atoms with Gasteiger partial charge in [0.1, 0.15) is 17.1 Å². The summed E-state index contributed by atoms with van der Waals surface area (Å²) in [5, 5.41) is 17.3. The first-order valence-corrected chi connectivity index (χ1v) is 14.1. The summed E-state index contributed by atoms with van der Waals surface area (Å²) in [6, 6.07) is 10.7. The first-order chi connectivity index (χ1) is 18.5. The zero-order valence-corrected chi connectivity index (χ0v) is 23.4. The number of furan rings is 1. The number of rotatable bonds is 6. The molecule has 4 unspecified atom stereocenters. The summed E-state index contributed by atoms with van der Waals surface area (Å²) in [7, 11) is 0. The maximum absolute atomic E-state index is 14.3. The molecular weight excluding hydrogens is 539 g/mol. The summed E-state index contributed by atoms with van der Waals surface area (Å²) in [6.45, 7) is 6.98. The van der Waals surface area contributed by atoms with Gasteiger partial charge in [0, 0.05) is 21.4 Å². The molecule has 5 rings (SSSR count). The Morgan fingerprint density at radius 3 is 2.08 bits per heavy atom. The van der Waals surface area contributed by atoms with Crippen molar-refractivity contribution in [3.63, 3.8) is 0 Å². The second-order valence-corrected chi connectivity index (χ2v) is 11.8. The number of carboxylic acids is 1. The highest BCUT2D eigenvalue weighted by molar-refractivity contribution is 7.10. The number of carboxylic acid groups (broad SMARTS) is 1. The van der Waals surface area contributed by atoms with Gasteiger partial charge in [0.05, 0.1) is 12.0 Å². The molecule has 1 fully saturated rings. The number of urea groups is 1. The third-order valence-corrected chi connectivity index (χ3v) is 9.66. The number of amides is 2. The monoisotopic (exact) mass is 566 g/mol. The molecule has 2 N–H and O–H groups in total. The SMILES string of the molecule is Cc1ccc(C(=O)C2C(c3sccc3C)N(C(=O)Nc3ccc(F)cc3)C(C)(C(=O)O)C2c2sccc2C)o1. The van der Waals surface area contributed by atoms with E-state index in [2.05, 4.69) is 5.32 Å². The Hall–Kier alpha value is -3.76. The minimum atomic E-state index is -1.82. The van der Waals surface area contributed by atoms with Gasteiger partial charge in [0.25, 0.3) is 0 Å². The Labute approximate surface area is 232 Å². The molecule has 2 amide bonds. The van der Waals surface area contributed by atoms with E-state index in [1.807, 2.05) is 36.7 Å². The van der Waals surface area contributed by atoms with E-state index in [1.165, 1.54) is 58.8 Å². The highest BCUT2D eigenvalue weighted by Gasteiger charge is 2.66. The molecule has 0 radical (unpaired) electrons. The van der Waals surface area contributed by atoms with Crippen molar-refractivity contribution < 1.29 is 28.3 Å². The number of nitrogens with one attached hydrogen (secondary N) is 1. The third kappa shape index (κ3) is 4.47. The molecule has 4 atom stereocenters. The molecule has 1 aromatic carbocycles. The van der Waals surface area contributed by atoms with E-state index >= 15 is 0 Å². The standard InChI is InChI=1S/C29H27FN2O5S2/c1-15-11-13-38-25(15)22-21(24(33)20-10-5-17(3)37-20)23(26-16(2)12-14-39-26)32(29(22,4)27(34)35)28(36)31-19-8-6-18(30)7-9-19/h5-14,21-23H,1-4H3,(H,31,36)(H,34,35). The largest absolute Gasteiger partial charge is 0.479 e.